The SMILES string of the molecule is CC(C)(C)C.CC(C)(C)C.CC(C)(C)C.CC(C)C.c1ccc2ccccc2c1.c1ccc2ccccc2c1. The van der Waals surface area contributed by atoms with Gasteiger partial charge in [-0.05, 0) is 43.7 Å². The Morgan fingerprint density at radius 2 is 0.385 bits per heavy atom. The average molecular weight is 531 g/mol. The molecule has 4 rings (SSSR count). The van der Waals surface area contributed by atoms with Crippen LogP contribution in [0.1, 0.15) is 104 Å². The van der Waals surface area contributed by atoms with Crippen LogP contribution in [-0.4, -0.2) is 0 Å². The third-order valence-electron chi connectivity index (χ3n) is 3.32. The molecule has 0 aliphatic heterocycles. The first-order valence-corrected chi connectivity index (χ1v) is 14.5. The van der Waals surface area contributed by atoms with Gasteiger partial charge in [-0.15, -0.1) is 0 Å². The van der Waals surface area contributed by atoms with Gasteiger partial charge in [-0.25, -0.2) is 0 Å². The van der Waals surface area contributed by atoms with Crippen LogP contribution in [0.15, 0.2) is 97.1 Å². The summed E-state index contributed by atoms with van der Waals surface area (Å²) in [7, 11) is 0. The smallest absolute Gasteiger partial charge is 0.0184 e. The molecule has 0 heteroatoms. The minimum atomic E-state index is 0.500. The Labute approximate surface area is 244 Å². The second kappa shape index (κ2) is 19.5. The van der Waals surface area contributed by atoms with Gasteiger partial charge >= 0.3 is 0 Å². The van der Waals surface area contributed by atoms with Gasteiger partial charge in [0, 0.05) is 0 Å². The summed E-state index contributed by atoms with van der Waals surface area (Å²) in [5, 5.41) is 5.24. The number of hydrogen-bond acceptors (Lipinski definition) is 0. The van der Waals surface area contributed by atoms with E-state index in [2.05, 4.69) is 201 Å². The zero-order valence-electron chi connectivity index (χ0n) is 28.3. The van der Waals surface area contributed by atoms with Crippen molar-refractivity contribution < 1.29 is 0 Å². The minimum absolute atomic E-state index is 0.500. The van der Waals surface area contributed by atoms with E-state index < -0.39 is 0 Å². The Hall–Kier alpha value is -2.60. The van der Waals surface area contributed by atoms with E-state index >= 15 is 0 Å². The largest absolute Gasteiger partial charge is 0.0630 e. The van der Waals surface area contributed by atoms with E-state index in [0.717, 1.165) is 5.92 Å². The zero-order chi connectivity index (χ0) is 30.7. The molecule has 0 atom stereocenters. The van der Waals surface area contributed by atoms with Crippen molar-refractivity contribution in [3.8, 4) is 0 Å². The Morgan fingerprint density at radius 3 is 0.462 bits per heavy atom. The Kier molecular flexibility index (Phi) is 19.2. The van der Waals surface area contributed by atoms with Crippen molar-refractivity contribution in [1.82, 2.24) is 0 Å². The first-order valence-electron chi connectivity index (χ1n) is 14.5. The third kappa shape index (κ3) is 35.4. The number of benzene rings is 4. The van der Waals surface area contributed by atoms with Crippen LogP contribution in [0.25, 0.3) is 21.5 Å². The van der Waals surface area contributed by atoms with Crippen molar-refractivity contribution in [2.75, 3.05) is 0 Å². The summed E-state index contributed by atoms with van der Waals surface area (Å²) in [6.45, 7) is 32.8. The van der Waals surface area contributed by atoms with E-state index in [1.807, 2.05) is 0 Å². The van der Waals surface area contributed by atoms with E-state index in [9.17, 15) is 0 Å². The molecule has 4 aromatic carbocycles. The number of rotatable bonds is 0. The molecule has 0 amide bonds. The maximum Gasteiger partial charge on any atom is -0.0184 e. The highest BCUT2D eigenvalue weighted by atomic mass is 14.0. The molecule has 0 fully saturated rings. The van der Waals surface area contributed by atoms with Crippen LogP contribution in [0.5, 0.6) is 0 Å². The molecule has 39 heavy (non-hydrogen) atoms. The van der Waals surface area contributed by atoms with Gasteiger partial charge in [0.15, 0.2) is 0 Å². The van der Waals surface area contributed by atoms with Crippen LogP contribution in [-0.2, 0) is 0 Å². The van der Waals surface area contributed by atoms with Gasteiger partial charge in [0.05, 0.1) is 0 Å². The van der Waals surface area contributed by atoms with Crippen LogP contribution in [0.2, 0.25) is 0 Å². The lowest BCUT2D eigenvalue weighted by Gasteiger charge is -2.05. The van der Waals surface area contributed by atoms with Gasteiger partial charge in [-0.3, -0.25) is 0 Å². The summed E-state index contributed by atoms with van der Waals surface area (Å²) < 4.78 is 0. The predicted octanol–water partition coefficient (Wildman–Crippen LogP) is 13.5. The molecule has 0 spiro atoms. The van der Waals surface area contributed by atoms with Crippen molar-refractivity contribution in [3.05, 3.63) is 97.1 Å². The molecule has 0 saturated heterocycles. The Morgan fingerprint density at radius 1 is 0.308 bits per heavy atom. The maximum atomic E-state index is 2.19. The van der Waals surface area contributed by atoms with Crippen LogP contribution < -0.4 is 0 Å². The van der Waals surface area contributed by atoms with Crippen LogP contribution >= 0.6 is 0 Å². The summed E-state index contributed by atoms with van der Waals surface area (Å²) >= 11 is 0. The second-order valence-electron chi connectivity index (χ2n) is 15.4. The normalized spacial score (nSPS) is 10.7. The average Bonchev–Trinajstić information content (AvgIpc) is 2.76. The maximum absolute atomic E-state index is 2.19. The van der Waals surface area contributed by atoms with Gasteiger partial charge < -0.3 is 0 Å². The van der Waals surface area contributed by atoms with Crippen molar-refractivity contribution in [1.29, 1.82) is 0 Å². The number of hydrogen-bond donors (Lipinski definition) is 0. The molecule has 0 unspecified atom stereocenters. The first kappa shape index (κ1) is 38.5. The van der Waals surface area contributed by atoms with E-state index in [4.69, 9.17) is 0 Å². The van der Waals surface area contributed by atoms with Gasteiger partial charge in [0.2, 0.25) is 0 Å². The van der Waals surface area contributed by atoms with Crippen molar-refractivity contribution in [2.45, 2.75) is 104 Å². The quantitative estimate of drug-likeness (QED) is 0.212. The molecule has 4 aromatic rings. The molecule has 0 nitrogen and oxygen atoms in total. The standard InChI is InChI=1S/2C10H8.3C5H12.C4H10/c2*1-2-6-10-8-4-3-7-9(10)5-1;3*1-5(2,3)4;1-4(2)3/h2*1-8H;3*1-4H3;4H,1-3H3. The molecular formula is C39H62. The monoisotopic (exact) mass is 530 g/mol. The van der Waals surface area contributed by atoms with Gasteiger partial charge in [-0.1, -0.05) is 201 Å². The molecule has 0 radical (unpaired) electrons. The van der Waals surface area contributed by atoms with Crippen molar-refractivity contribution in [2.24, 2.45) is 22.2 Å². The van der Waals surface area contributed by atoms with Crippen LogP contribution in [0, 0.1) is 22.2 Å². The molecule has 0 N–H and O–H groups in total. The van der Waals surface area contributed by atoms with Crippen LogP contribution in [0.3, 0.4) is 0 Å². The zero-order valence-corrected chi connectivity index (χ0v) is 28.3. The second-order valence-corrected chi connectivity index (χ2v) is 15.4. The molecule has 218 valence electrons. The molecule has 0 heterocycles. The van der Waals surface area contributed by atoms with Gasteiger partial charge in [0.25, 0.3) is 0 Å². The summed E-state index contributed by atoms with van der Waals surface area (Å²) in [5.41, 5.74) is 1.50. The van der Waals surface area contributed by atoms with Crippen molar-refractivity contribution in [3.63, 3.8) is 0 Å². The van der Waals surface area contributed by atoms with E-state index in [-0.39, 0.29) is 0 Å². The third-order valence-corrected chi connectivity index (χ3v) is 3.32. The molecule has 0 bridgehead atoms. The molecule has 0 aliphatic rings. The Bertz CT molecular complexity index is 861. The lowest BCUT2D eigenvalue weighted by Crippen LogP contribution is -1.93. The summed E-state index contributed by atoms with van der Waals surface area (Å²) in [5.74, 6) is 0.833. The molecule has 0 saturated carbocycles. The van der Waals surface area contributed by atoms with E-state index in [0.29, 0.717) is 16.2 Å². The lowest BCUT2D eigenvalue weighted by atomic mass is 10.0. The minimum Gasteiger partial charge on any atom is -0.0630 e. The number of fused-ring (bicyclic) bond motifs is 2. The highest BCUT2D eigenvalue weighted by Crippen LogP contribution is 2.12. The lowest BCUT2D eigenvalue weighted by molar-refractivity contribution is 0.469. The fraction of sp³-hybridized carbons (Fsp3) is 0.487. The van der Waals surface area contributed by atoms with E-state index in [1.165, 1.54) is 21.5 Å². The summed E-state index contributed by atoms with van der Waals surface area (Å²) in [6, 6.07) is 33.4. The van der Waals surface area contributed by atoms with Gasteiger partial charge in [0.1, 0.15) is 0 Å². The Balaban J connectivity index is 0. The molecule has 0 aromatic heterocycles. The summed E-state index contributed by atoms with van der Waals surface area (Å²) in [6.07, 6.45) is 0. The predicted molar refractivity (Wildman–Crippen MR) is 184 cm³/mol. The van der Waals surface area contributed by atoms with Crippen LogP contribution in [0.4, 0.5) is 0 Å². The first-order chi connectivity index (χ1) is 17.7. The van der Waals surface area contributed by atoms with Gasteiger partial charge in [-0.2, -0.15) is 0 Å². The highest BCUT2D eigenvalue weighted by molar-refractivity contribution is 5.82. The molecular weight excluding hydrogens is 468 g/mol. The highest BCUT2D eigenvalue weighted by Gasteiger charge is 1.96. The summed E-state index contributed by atoms with van der Waals surface area (Å²) in [4.78, 5) is 0. The fourth-order valence-corrected chi connectivity index (χ4v) is 2.27. The van der Waals surface area contributed by atoms with Crippen molar-refractivity contribution >= 4 is 21.5 Å². The van der Waals surface area contributed by atoms with E-state index in [1.54, 1.807) is 0 Å². The topological polar surface area (TPSA) is 0 Å². The fourth-order valence-electron chi connectivity index (χ4n) is 2.27. The molecule has 0 aliphatic carbocycles.